The van der Waals surface area contributed by atoms with Gasteiger partial charge in [-0.05, 0) is 67.6 Å². The van der Waals surface area contributed by atoms with Crippen molar-refractivity contribution < 1.29 is 9.53 Å². The molecule has 7 nitrogen and oxygen atoms in total. The first kappa shape index (κ1) is 27.5. The molecule has 0 saturated heterocycles. The van der Waals surface area contributed by atoms with Crippen molar-refractivity contribution in [2.45, 2.75) is 57.5 Å². The highest BCUT2D eigenvalue weighted by molar-refractivity contribution is 7.98. The number of benzene rings is 3. The van der Waals surface area contributed by atoms with Gasteiger partial charge in [-0.25, -0.2) is 4.68 Å². The number of carbonyl (C=O) groups excluding carboxylic acids is 1. The van der Waals surface area contributed by atoms with Gasteiger partial charge in [0.1, 0.15) is 11.8 Å². The Morgan fingerprint density at radius 3 is 2.65 bits per heavy atom. The summed E-state index contributed by atoms with van der Waals surface area (Å²) in [5.41, 5.74) is 6.40. The number of aromatic nitrogens is 3. The predicted molar refractivity (Wildman–Crippen MR) is 162 cm³/mol. The second-order valence-electron chi connectivity index (χ2n) is 9.98. The van der Waals surface area contributed by atoms with E-state index in [1.165, 1.54) is 5.56 Å². The molecular formula is C32H35N5O2S. The lowest BCUT2D eigenvalue weighted by atomic mass is 9.94. The number of aryl methyl sites for hydroxylation is 1. The lowest BCUT2D eigenvalue weighted by molar-refractivity contribution is -0.113. The average molecular weight is 554 g/mol. The van der Waals surface area contributed by atoms with Gasteiger partial charge in [0.2, 0.25) is 11.1 Å². The van der Waals surface area contributed by atoms with Crippen LogP contribution < -0.4 is 15.4 Å². The van der Waals surface area contributed by atoms with Gasteiger partial charge in [-0.2, -0.15) is 4.98 Å². The maximum atomic E-state index is 13.9. The second-order valence-corrected chi connectivity index (χ2v) is 10.9. The van der Waals surface area contributed by atoms with Crippen molar-refractivity contribution >= 4 is 29.3 Å². The van der Waals surface area contributed by atoms with Gasteiger partial charge in [-0.1, -0.05) is 79.7 Å². The predicted octanol–water partition coefficient (Wildman–Crippen LogP) is 7.29. The van der Waals surface area contributed by atoms with E-state index < -0.39 is 6.04 Å². The molecule has 0 radical (unpaired) electrons. The Balaban J connectivity index is 1.50. The van der Waals surface area contributed by atoms with Crippen LogP contribution in [-0.2, 0) is 10.5 Å². The van der Waals surface area contributed by atoms with E-state index in [2.05, 4.69) is 29.7 Å². The van der Waals surface area contributed by atoms with Crippen molar-refractivity contribution in [3.05, 3.63) is 106 Å². The van der Waals surface area contributed by atoms with Crippen LogP contribution in [0.5, 0.6) is 5.75 Å². The number of nitrogens with one attached hydrogen (secondary N) is 2. The molecule has 206 valence electrons. The van der Waals surface area contributed by atoms with Crippen molar-refractivity contribution in [2.24, 2.45) is 0 Å². The Labute approximate surface area is 240 Å². The highest BCUT2D eigenvalue weighted by atomic mass is 32.2. The Bertz CT molecular complexity index is 1530. The lowest BCUT2D eigenvalue weighted by Crippen LogP contribution is -2.31. The maximum Gasteiger partial charge on any atom is 0.255 e. The highest BCUT2D eigenvalue weighted by Gasteiger charge is 2.35. The van der Waals surface area contributed by atoms with E-state index in [1.807, 2.05) is 86.1 Å². The molecule has 5 rings (SSSR count). The summed E-state index contributed by atoms with van der Waals surface area (Å²) in [5, 5.41) is 12.0. The summed E-state index contributed by atoms with van der Waals surface area (Å²) in [6, 6.07) is 23.7. The number of nitrogens with zero attached hydrogens (tertiary/aromatic N) is 3. The van der Waals surface area contributed by atoms with E-state index in [4.69, 9.17) is 14.8 Å². The number of amides is 1. The van der Waals surface area contributed by atoms with Crippen molar-refractivity contribution in [2.75, 3.05) is 17.2 Å². The van der Waals surface area contributed by atoms with Gasteiger partial charge in [-0.15, -0.1) is 5.10 Å². The van der Waals surface area contributed by atoms with Crippen molar-refractivity contribution in [3.8, 4) is 5.75 Å². The number of rotatable bonds is 10. The minimum atomic E-state index is -0.477. The van der Waals surface area contributed by atoms with Crippen LogP contribution in [0.4, 0.5) is 11.6 Å². The molecule has 40 heavy (non-hydrogen) atoms. The van der Waals surface area contributed by atoms with E-state index in [9.17, 15) is 4.79 Å². The fraction of sp³-hybridized carbons (Fsp3) is 0.281. The average Bonchev–Trinajstić information content (AvgIpc) is 3.37. The monoisotopic (exact) mass is 553 g/mol. The maximum absolute atomic E-state index is 13.9. The first-order chi connectivity index (χ1) is 19.4. The van der Waals surface area contributed by atoms with E-state index in [-0.39, 0.29) is 5.91 Å². The third-order valence-corrected chi connectivity index (χ3v) is 7.99. The quantitative estimate of drug-likeness (QED) is 0.159. The molecule has 0 aliphatic carbocycles. The summed E-state index contributed by atoms with van der Waals surface area (Å²) >= 11 is 1.57. The number of thioether (sulfide) groups is 1. The van der Waals surface area contributed by atoms with Crippen LogP contribution in [0.25, 0.3) is 0 Å². The third-order valence-electron chi connectivity index (χ3n) is 7.08. The normalized spacial score (nSPS) is 14.4. The summed E-state index contributed by atoms with van der Waals surface area (Å²) < 4.78 is 7.85. The highest BCUT2D eigenvalue weighted by Crippen LogP contribution is 2.38. The Hall–Kier alpha value is -4.04. The number of hydrogen-bond acceptors (Lipinski definition) is 6. The number of carbonyl (C=O) groups is 1. The molecule has 0 fully saturated rings. The molecule has 3 aromatic carbocycles. The standard InChI is InChI=1S/C32H35N5O2S/c1-5-6-18-39-26-16-11-15-25(19-26)29-28(30(38)34-27-17-10-12-21(2)22(27)3)23(4)33-31-35-32(36-37(29)31)40-20-24-13-8-7-9-14-24/h7-17,19,29H,5-6,18,20H2,1-4H3,(H,34,38)(H,33,35,36). The zero-order chi connectivity index (χ0) is 28.1. The molecule has 0 bridgehead atoms. The van der Waals surface area contributed by atoms with Crippen molar-refractivity contribution in [1.29, 1.82) is 0 Å². The number of fused-ring (bicyclic) bond motifs is 1. The van der Waals surface area contributed by atoms with E-state index in [0.29, 0.717) is 23.3 Å². The van der Waals surface area contributed by atoms with E-state index in [1.54, 1.807) is 11.8 Å². The van der Waals surface area contributed by atoms with Crippen molar-refractivity contribution in [3.63, 3.8) is 0 Å². The summed E-state index contributed by atoms with van der Waals surface area (Å²) in [5.74, 6) is 1.96. The molecule has 1 aliphatic heterocycles. The third kappa shape index (κ3) is 6.07. The van der Waals surface area contributed by atoms with Gasteiger partial charge in [0.15, 0.2) is 0 Å². The molecular weight excluding hydrogens is 518 g/mol. The van der Waals surface area contributed by atoms with Gasteiger partial charge in [0.25, 0.3) is 5.91 Å². The van der Waals surface area contributed by atoms with E-state index in [0.717, 1.165) is 52.4 Å². The van der Waals surface area contributed by atoms with Crippen LogP contribution >= 0.6 is 11.8 Å². The number of unbranched alkanes of at least 4 members (excludes halogenated alkanes) is 1. The Kier molecular flexibility index (Phi) is 8.55. The molecule has 2 heterocycles. The summed E-state index contributed by atoms with van der Waals surface area (Å²) in [6.07, 6.45) is 2.04. The molecule has 1 atom stereocenters. The minimum absolute atomic E-state index is 0.180. The fourth-order valence-electron chi connectivity index (χ4n) is 4.70. The second kappa shape index (κ2) is 12.4. The molecule has 0 saturated carbocycles. The number of ether oxygens (including phenoxy) is 1. The van der Waals surface area contributed by atoms with Crippen LogP contribution in [0.3, 0.4) is 0 Å². The fourth-order valence-corrected chi connectivity index (χ4v) is 5.49. The molecule has 1 aromatic heterocycles. The van der Waals surface area contributed by atoms with Gasteiger partial charge in [0, 0.05) is 17.1 Å². The number of allylic oxidation sites excluding steroid dienone is 1. The molecule has 1 aliphatic rings. The largest absolute Gasteiger partial charge is 0.494 e. The molecule has 4 aromatic rings. The van der Waals surface area contributed by atoms with Crippen LogP contribution in [0.15, 0.2) is 89.2 Å². The first-order valence-electron chi connectivity index (χ1n) is 13.7. The Morgan fingerprint density at radius 1 is 1.05 bits per heavy atom. The van der Waals surface area contributed by atoms with Crippen LogP contribution in [0.1, 0.15) is 55.0 Å². The first-order valence-corrected chi connectivity index (χ1v) is 14.6. The summed E-state index contributed by atoms with van der Waals surface area (Å²) in [6.45, 7) is 8.77. The summed E-state index contributed by atoms with van der Waals surface area (Å²) in [4.78, 5) is 18.7. The minimum Gasteiger partial charge on any atom is -0.494 e. The molecule has 1 unspecified atom stereocenters. The molecule has 8 heteroatoms. The lowest BCUT2D eigenvalue weighted by Gasteiger charge is -2.29. The van der Waals surface area contributed by atoms with Crippen molar-refractivity contribution in [1.82, 2.24) is 14.8 Å². The van der Waals surface area contributed by atoms with E-state index >= 15 is 0 Å². The molecule has 1 amide bonds. The summed E-state index contributed by atoms with van der Waals surface area (Å²) in [7, 11) is 0. The SMILES string of the molecule is CCCCOc1cccc(C2C(C(=O)Nc3cccc(C)c3C)=C(C)Nc3nc(SCc4ccccc4)nn32)c1. The zero-order valence-corrected chi connectivity index (χ0v) is 24.2. The number of hydrogen-bond donors (Lipinski definition) is 2. The topological polar surface area (TPSA) is 81.1 Å². The van der Waals surface area contributed by atoms with Crippen LogP contribution in [-0.4, -0.2) is 27.3 Å². The van der Waals surface area contributed by atoms with Crippen LogP contribution in [0, 0.1) is 13.8 Å². The van der Waals surface area contributed by atoms with Gasteiger partial charge in [0.05, 0.1) is 12.2 Å². The molecule has 2 N–H and O–H groups in total. The van der Waals surface area contributed by atoms with Gasteiger partial charge in [-0.3, -0.25) is 4.79 Å². The Morgan fingerprint density at radius 2 is 1.85 bits per heavy atom. The zero-order valence-electron chi connectivity index (χ0n) is 23.4. The smallest absolute Gasteiger partial charge is 0.255 e. The van der Waals surface area contributed by atoms with Crippen LogP contribution in [0.2, 0.25) is 0 Å². The van der Waals surface area contributed by atoms with Gasteiger partial charge >= 0.3 is 0 Å². The van der Waals surface area contributed by atoms with Gasteiger partial charge < -0.3 is 15.4 Å². The molecule has 0 spiro atoms. The number of anilines is 2.